The van der Waals surface area contributed by atoms with Gasteiger partial charge >= 0.3 is 0 Å². The molecule has 1 nitrogen and oxygen atoms in total. The van der Waals surface area contributed by atoms with Crippen LogP contribution in [-0.4, -0.2) is 0 Å². The lowest BCUT2D eigenvalue weighted by molar-refractivity contribution is 1.09. The zero-order valence-corrected chi connectivity index (χ0v) is 11.2. The number of hydrogen-bond donors (Lipinski definition) is 0. The van der Waals surface area contributed by atoms with Crippen LogP contribution in [0.3, 0.4) is 0 Å². The van der Waals surface area contributed by atoms with Crippen LogP contribution in [0.2, 0.25) is 0 Å². The molecule has 1 aliphatic heterocycles. The Hall–Kier alpha value is -2.54. The summed E-state index contributed by atoms with van der Waals surface area (Å²) < 4.78 is 0. The van der Waals surface area contributed by atoms with Gasteiger partial charge in [-0.1, -0.05) is 54.6 Å². The molecule has 0 N–H and O–H groups in total. The molecule has 0 spiro atoms. The highest BCUT2D eigenvalue weighted by Crippen LogP contribution is 2.43. The summed E-state index contributed by atoms with van der Waals surface area (Å²) in [7, 11) is 0. The van der Waals surface area contributed by atoms with E-state index in [0.29, 0.717) is 0 Å². The van der Waals surface area contributed by atoms with E-state index in [1.807, 2.05) is 0 Å². The summed E-state index contributed by atoms with van der Waals surface area (Å²) in [5.41, 5.74) is 6.56. The summed E-state index contributed by atoms with van der Waals surface area (Å²) in [5.74, 6) is 0. The maximum absolute atomic E-state index is 2.36. The summed E-state index contributed by atoms with van der Waals surface area (Å²) >= 11 is 0. The molecule has 20 heavy (non-hydrogen) atoms. The average molecular weight is 257 g/mol. The van der Waals surface area contributed by atoms with Crippen molar-refractivity contribution in [1.82, 2.24) is 0 Å². The number of benzene rings is 3. The van der Waals surface area contributed by atoms with Crippen LogP contribution in [0, 0.1) is 0 Å². The summed E-state index contributed by atoms with van der Waals surface area (Å²) in [5, 5.41) is 0. The normalized spacial score (nSPS) is 12.7. The first-order valence-electron chi connectivity index (χ1n) is 6.94. The molecule has 0 fully saturated rings. The Morgan fingerprint density at radius 3 is 1.65 bits per heavy atom. The minimum atomic E-state index is 1.01. The fourth-order valence-electron chi connectivity index (χ4n) is 2.95. The van der Waals surface area contributed by atoms with Gasteiger partial charge in [0, 0.05) is 23.5 Å². The number of fused-ring (bicyclic) bond motifs is 2. The average Bonchev–Trinajstić information content (AvgIpc) is 2.53. The molecular weight excluding hydrogens is 242 g/mol. The van der Waals surface area contributed by atoms with E-state index in [9.17, 15) is 0 Å². The van der Waals surface area contributed by atoms with E-state index in [-0.39, 0.29) is 0 Å². The summed E-state index contributed by atoms with van der Waals surface area (Å²) in [6.45, 7) is 0. The third-order valence-corrected chi connectivity index (χ3v) is 3.86. The number of rotatable bonds is 1. The lowest BCUT2D eigenvalue weighted by Crippen LogP contribution is -2.18. The van der Waals surface area contributed by atoms with E-state index in [0.717, 1.165) is 6.42 Å². The third-order valence-electron chi connectivity index (χ3n) is 3.86. The minimum absolute atomic E-state index is 1.01. The molecule has 3 aromatic carbocycles. The Morgan fingerprint density at radius 1 is 0.550 bits per heavy atom. The zero-order chi connectivity index (χ0) is 13.4. The minimum Gasteiger partial charge on any atom is -0.310 e. The molecule has 0 amide bonds. The second-order valence-corrected chi connectivity index (χ2v) is 5.11. The fraction of sp³-hybridized carbons (Fsp3) is 0.0526. The van der Waals surface area contributed by atoms with Crippen molar-refractivity contribution in [1.29, 1.82) is 0 Å². The number of hydrogen-bond acceptors (Lipinski definition) is 1. The fourth-order valence-corrected chi connectivity index (χ4v) is 2.95. The van der Waals surface area contributed by atoms with Crippen LogP contribution >= 0.6 is 0 Å². The van der Waals surface area contributed by atoms with Crippen molar-refractivity contribution in [3.05, 3.63) is 90.0 Å². The van der Waals surface area contributed by atoms with Crippen LogP contribution in [0.15, 0.2) is 78.9 Å². The Labute approximate surface area is 119 Å². The second-order valence-electron chi connectivity index (χ2n) is 5.11. The largest absolute Gasteiger partial charge is 0.310 e. The van der Waals surface area contributed by atoms with Crippen molar-refractivity contribution >= 4 is 17.1 Å². The van der Waals surface area contributed by atoms with Crippen LogP contribution in [0.4, 0.5) is 17.1 Å². The molecule has 0 unspecified atom stereocenters. The van der Waals surface area contributed by atoms with Crippen LogP contribution in [-0.2, 0) is 6.42 Å². The van der Waals surface area contributed by atoms with Gasteiger partial charge in [0.15, 0.2) is 0 Å². The Balaban J connectivity index is 1.98. The molecule has 0 atom stereocenters. The van der Waals surface area contributed by atoms with Crippen molar-refractivity contribution in [2.75, 3.05) is 4.90 Å². The van der Waals surface area contributed by atoms with Gasteiger partial charge in [-0.25, -0.2) is 0 Å². The van der Waals surface area contributed by atoms with E-state index in [1.165, 1.54) is 28.2 Å². The lowest BCUT2D eigenvalue weighted by atomic mass is 9.95. The molecule has 1 heterocycles. The molecule has 0 aliphatic carbocycles. The first-order valence-corrected chi connectivity index (χ1v) is 6.94. The van der Waals surface area contributed by atoms with Crippen LogP contribution in [0.25, 0.3) is 0 Å². The Kier molecular flexibility index (Phi) is 2.56. The monoisotopic (exact) mass is 257 g/mol. The van der Waals surface area contributed by atoms with Crippen LogP contribution in [0.1, 0.15) is 11.1 Å². The van der Waals surface area contributed by atoms with Gasteiger partial charge in [-0.05, 0) is 35.4 Å². The van der Waals surface area contributed by atoms with Crippen molar-refractivity contribution in [3.8, 4) is 0 Å². The van der Waals surface area contributed by atoms with Gasteiger partial charge in [-0.2, -0.15) is 0 Å². The summed E-state index contributed by atoms with van der Waals surface area (Å²) in [6.07, 6.45) is 1.01. The van der Waals surface area contributed by atoms with Crippen LogP contribution < -0.4 is 4.90 Å². The molecule has 3 aromatic rings. The lowest BCUT2D eigenvalue weighted by Gasteiger charge is -2.33. The smallest absolute Gasteiger partial charge is 0.0497 e. The third kappa shape index (κ3) is 1.71. The van der Waals surface area contributed by atoms with Gasteiger partial charge < -0.3 is 4.90 Å². The molecule has 96 valence electrons. The van der Waals surface area contributed by atoms with E-state index in [2.05, 4.69) is 83.8 Å². The molecule has 1 aliphatic rings. The van der Waals surface area contributed by atoms with E-state index < -0.39 is 0 Å². The van der Waals surface area contributed by atoms with E-state index in [1.54, 1.807) is 0 Å². The molecule has 0 aromatic heterocycles. The number of para-hydroxylation sites is 3. The maximum Gasteiger partial charge on any atom is 0.0497 e. The SMILES string of the molecule is c1ccc(N2c3ccccc3Cc3ccccc32)cc1. The first kappa shape index (κ1) is 11.3. The highest BCUT2D eigenvalue weighted by atomic mass is 15.2. The molecule has 0 bridgehead atoms. The van der Waals surface area contributed by atoms with Gasteiger partial charge in [0.2, 0.25) is 0 Å². The highest BCUT2D eigenvalue weighted by Gasteiger charge is 2.22. The van der Waals surface area contributed by atoms with Gasteiger partial charge in [0.25, 0.3) is 0 Å². The van der Waals surface area contributed by atoms with E-state index in [4.69, 9.17) is 0 Å². The second kappa shape index (κ2) is 4.53. The highest BCUT2D eigenvalue weighted by molar-refractivity contribution is 5.83. The predicted molar refractivity (Wildman–Crippen MR) is 83.9 cm³/mol. The van der Waals surface area contributed by atoms with Crippen molar-refractivity contribution in [2.45, 2.75) is 6.42 Å². The zero-order valence-electron chi connectivity index (χ0n) is 11.2. The van der Waals surface area contributed by atoms with Gasteiger partial charge in [-0.3, -0.25) is 0 Å². The molecule has 1 heteroatoms. The number of anilines is 3. The van der Waals surface area contributed by atoms with Crippen molar-refractivity contribution < 1.29 is 0 Å². The van der Waals surface area contributed by atoms with Crippen molar-refractivity contribution in [2.24, 2.45) is 0 Å². The first-order chi connectivity index (χ1) is 9.93. The van der Waals surface area contributed by atoms with Gasteiger partial charge in [-0.15, -0.1) is 0 Å². The Bertz CT molecular complexity index is 701. The molecular formula is C19H15N. The Morgan fingerprint density at radius 2 is 1.05 bits per heavy atom. The van der Waals surface area contributed by atoms with Crippen LogP contribution in [0.5, 0.6) is 0 Å². The number of nitrogens with zero attached hydrogens (tertiary/aromatic N) is 1. The molecule has 0 radical (unpaired) electrons. The standard InChI is InChI=1S/C19H15N/c1-2-10-17(11-3-1)20-18-12-6-4-8-15(18)14-16-9-5-7-13-19(16)20/h1-13H,14H2. The van der Waals surface area contributed by atoms with E-state index >= 15 is 0 Å². The van der Waals surface area contributed by atoms with Gasteiger partial charge in [0.05, 0.1) is 0 Å². The molecule has 0 saturated heterocycles. The molecule has 0 saturated carbocycles. The van der Waals surface area contributed by atoms with Crippen molar-refractivity contribution in [3.63, 3.8) is 0 Å². The van der Waals surface area contributed by atoms with Gasteiger partial charge in [0.1, 0.15) is 0 Å². The predicted octanol–water partition coefficient (Wildman–Crippen LogP) is 5.06. The summed E-state index contributed by atoms with van der Waals surface area (Å²) in [4.78, 5) is 2.36. The quantitative estimate of drug-likeness (QED) is 0.460. The summed E-state index contributed by atoms with van der Waals surface area (Å²) in [6, 6.07) is 27.9. The topological polar surface area (TPSA) is 3.24 Å². The maximum atomic E-state index is 2.36. The molecule has 4 rings (SSSR count).